The van der Waals surface area contributed by atoms with Gasteiger partial charge >= 0.3 is 0 Å². The zero-order valence-corrected chi connectivity index (χ0v) is 15.5. The maximum atomic E-state index is 12.4. The Bertz CT molecular complexity index is 663. The molecule has 0 aromatic heterocycles. The lowest BCUT2D eigenvalue weighted by Crippen LogP contribution is -2.33. The van der Waals surface area contributed by atoms with Gasteiger partial charge in [0.25, 0.3) is 5.91 Å². The van der Waals surface area contributed by atoms with E-state index in [4.69, 9.17) is 9.57 Å². The highest BCUT2D eigenvalue weighted by molar-refractivity contribution is 9.10. The Balaban J connectivity index is 3.70. The van der Waals surface area contributed by atoms with E-state index in [1.165, 1.54) is 27.3 Å². The van der Waals surface area contributed by atoms with Crippen LogP contribution in [0.1, 0.15) is 17.3 Å². The van der Waals surface area contributed by atoms with Crippen LogP contribution < -0.4 is 9.04 Å². The molecule has 7 nitrogen and oxygen atoms in total. The summed E-state index contributed by atoms with van der Waals surface area (Å²) < 4.78 is 31.1. The molecule has 1 aromatic carbocycles. The first-order valence-corrected chi connectivity index (χ1v) is 8.99. The summed E-state index contributed by atoms with van der Waals surface area (Å²) in [5.74, 6) is -0.215. The van der Waals surface area contributed by atoms with Gasteiger partial charge < -0.3 is 4.74 Å². The van der Waals surface area contributed by atoms with Crippen molar-refractivity contribution in [2.24, 2.45) is 0 Å². The van der Waals surface area contributed by atoms with Gasteiger partial charge in [0.15, 0.2) is 5.75 Å². The number of rotatable bonds is 6. The van der Waals surface area contributed by atoms with Crippen molar-refractivity contribution in [1.82, 2.24) is 5.06 Å². The quantitative estimate of drug-likeness (QED) is 0.688. The highest BCUT2D eigenvalue weighted by Crippen LogP contribution is 2.40. The molecule has 0 N–H and O–H groups in total. The predicted molar refractivity (Wildman–Crippen MR) is 87.7 cm³/mol. The third-order valence-electron chi connectivity index (χ3n) is 3.01. The van der Waals surface area contributed by atoms with Gasteiger partial charge in [-0.3, -0.25) is 13.9 Å². The minimum Gasteiger partial charge on any atom is -0.493 e. The Hall–Kier alpha value is -1.32. The maximum absolute atomic E-state index is 12.4. The first-order valence-electron chi connectivity index (χ1n) is 6.35. The second-order valence-corrected chi connectivity index (χ2v) is 7.15. The number of halogens is 1. The van der Waals surface area contributed by atoms with Gasteiger partial charge in [-0.2, -0.15) is 0 Å². The van der Waals surface area contributed by atoms with Crippen molar-refractivity contribution in [2.45, 2.75) is 6.92 Å². The van der Waals surface area contributed by atoms with Crippen molar-refractivity contribution >= 4 is 37.5 Å². The number of nitrogens with zero attached hydrogens (tertiary/aromatic N) is 2. The molecule has 0 radical (unpaired) electrons. The van der Waals surface area contributed by atoms with Crippen LogP contribution in [0.4, 0.5) is 5.69 Å². The molecule has 9 heteroatoms. The number of hydroxylamine groups is 2. The van der Waals surface area contributed by atoms with Crippen LogP contribution in [0.2, 0.25) is 0 Å². The Labute approximate surface area is 138 Å². The van der Waals surface area contributed by atoms with E-state index in [0.717, 1.165) is 15.6 Å². The molecule has 0 saturated heterocycles. The number of carbonyl (C=O) groups excluding carboxylic acids is 1. The molecule has 0 heterocycles. The summed E-state index contributed by atoms with van der Waals surface area (Å²) in [7, 11) is 0.617. The van der Waals surface area contributed by atoms with E-state index in [1.807, 2.05) is 0 Å². The van der Waals surface area contributed by atoms with E-state index in [0.29, 0.717) is 4.47 Å². The monoisotopic (exact) mass is 394 g/mol. The van der Waals surface area contributed by atoms with E-state index in [-0.39, 0.29) is 23.5 Å². The normalized spacial score (nSPS) is 11.2. The van der Waals surface area contributed by atoms with Crippen molar-refractivity contribution in [2.75, 3.05) is 38.4 Å². The smallest absolute Gasteiger partial charge is 0.279 e. The van der Waals surface area contributed by atoms with Crippen LogP contribution >= 0.6 is 15.9 Å². The number of methoxy groups -OCH3 is 1. The Kier molecular flexibility index (Phi) is 6.21. The maximum Gasteiger partial charge on any atom is 0.279 e. The molecule has 0 bridgehead atoms. The Morgan fingerprint density at radius 1 is 1.32 bits per heavy atom. The number of hydrogen-bond acceptors (Lipinski definition) is 5. The molecule has 0 aliphatic carbocycles. The minimum atomic E-state index is -3.58. The lowest BCUT2D eigenvalue weighted by Gasteiger charge is -2.26. The SMILES string of the molecule is CCN(c1c(C(=O)N(C)OC)ccc(Br)c1OC)S(C)(=O)=O. The minimum absolute atomic E-state index is 0.155. The van der Waals surface area contributed by atoms with E-state index < -0.39 is 15.9 Å². The topological polar surface area (TPSA) is 76.2 Å². The predicted octanol–water partition coefficient (Wildman–Crippen LogP) is 1.88. The van der Waals surface area contributed by atoms with Gasteiger partial charge in [-0.05, 0) is 35.0 Å². The summed E-state index contributed by atoms with van der Waals surface area (Å²) in [6.07, 6.45) is 1.07. The molecular weight excluding hydrogens is 376 g/mol. The number of amides is 1. The van der Waals surface area contributed by atoms with Crippen molar-refractivity contribution in [3.05, 3.63) is 22.2 Å². The summed E-state index contributed by atoms with van der Waals surface area (Å²) in [5, 5.41) is 1.02. The summed E-state index contributed by atoms with van der Waals surface area (Å²) in [6.45, 7) is 1.83. The van der Waals surface area contributed by atoms with E-state index in [1.54, 1.807) is 13.0 Å². The molecule has 0 atom stereocenters. The van der Waals surface area contributed by atoms with E-state index >= 15 is 0 Å². The highest BCUT2D eigenvalue weighted by Gasteiger charge is 2.28. The van der Waals surface area contributed by atoms with Crippen LogP contribution in [0.25, 0.3) is 0 Å². The van der Waals surface area contributed by atoms with Crippen molar-refractivity contribution < 1.29 is 22.8 Å². The van der Waals surface area contributed by atoms with Crippen molar-refractivity contribution in [3.63, 3.8) is 0 Å². The number of benzene rings is 1. The largest absolute Gasteiger partial charge is 0.493 e. The summed E-state index contributed by atoms with van der Waals surface area (Å²) in [5.41, 5.74) is 0.340. The van der Waals surface area contributed by atoms with Gasteiger partial charge in [0.2, 0.25) is 10.0 Å². The average Bonchev–Trinajstić information content (AvgIpc) is 2.45. The fraction of sp³-hybridized carbons (Fsp3) is 0.462. The first-order chi connectivity index (χ1) is 10.2. The number of ether oxygens (including phenoxy) is 1. The Morgan fingerprint density at radius 2 is 1.91 bits per heavy atom. The molecule has 0 saturated carbocycles. The average molecular weight is 395 g/mol. The van der Waals surface area contributed by atoms with E-state index in [9.17, 15) is 13.2 Å². The molecular formula is C13H19BrN2O5S. The van der Waals surface area contributed by atoms with E-state index in [2.05, 4.69) is 15.9 Å². The molecule has 1 rings (SSSR count). The molecule has 0 spiro atoms. The molecule has 0 aliphatic heterocycles. The summed E-state index contributed by atoms with van der Waals surface area (Å²) >= 11 is 3.31. The highest BCUT2D eigenvalue weighted by atomic mass is 79.9. The zero-order chi connectivity index (χ0) is 17.1. The number of sulfonamides is 1. The van der Waals surface area contributed by atoms with Crippen molar-refractivity contribution in [1.29, 1.82) is 0 Å². The van der Waals surface area contributed by atoms with Crippen LogP contribution in [0.15, 0.2) is 16.6 Å². The molecule has 1 aromatic rings. The third-order valence-corrected chi connectivity index (χ3v) is 4.88. The molecule has 0 unspecified atom stereocenters. The number of carbonyl (C=O) groups is 1. The van der Waals surface area contributed by atoms with Gasteiger partial charge in [-0.15, -0.1) is 0 Å². The van der Waals surface area contributed by atoms with Crippen LogP contribution in [0, 0.1) is 0 Å². The molecule has 0 aliphatic rings. The summed E-state index contributed by atoms with van der Waals surface area (Å²) in [4.78, 5) is 17.3. The lowest BCUT2D eigenvalue weighted by atomic mass is 10.1. The second kappa shape index (κ2) is 7.30. The fourth-order valence-electron chi connectivity index (χ4n) is 1.97. The van der Waals surface area contributed by atoms with Crippen LogP contribution in [0.3, 0.4) is 0 Å². The zero-order valence-electron chi connectivity index (χ0n) is 13.1. The Morgan fingerprint density at radius 3 is 2.32 bits per heavy atom. The summed E-state index contributed by atoms with van der Waals surface area (Å²) in [6, 6.07) is 3.14. The molecule has 22 heavy (non-hydrogen) atoms. The first kappa shape index (κ1) is 18.7. The molecule has 124 valence electrons. The van der Waals surface area contributed by atoms with Crippen LogP contribution in [0.5, 0.6) is 5.75 Å². The number of hydrogen-bond donors (Lipinski definition) is 0. The van der Waals surface area contributed by atoms with Crippen LogP contribution in [-0.2, 0) is 14.9 Å². The standard InChI is InChI=1S/C13H19BrN2O5S/c1-6-16(22(5,18)19)11-9(13(17)15(2)21-4)7-8-10(14)12(11)20-3/h7-8H,6H2,1-5H3. The fourth-order valence-corrected chi connectivity index (χ4v) is 3.44. The third kappa shape index (κ3) is 3.71. The molecule has 0 fully saturated rings. The van der Waals surface area contributed by atoms with Gasteiger partial charge in [0, 0.05) is 13.6 Å². The van der Waals surface area contributed by atoms with Gasteiger partial charge in [0.1, 0.15) is 5.69 Å². The van der Waals surface area contributed by atoms with Crippen molar-refractivity contribution in [3.8, 4) is 5.75 Å². The second-order valence-electron chi connectivity index (χ2n) is 4.39. The van der Waals surface area contributed by atoms with Crippen LogP contribution in [-0.4, -0.2) is 53.5 Å². The molecule has 1 amide bonds. The van der Waals surface area contributed by atoms with Gasteiger partial charge in [0.05, 0.1) is 30.5 Å². The lowest BCUT2D eigenvalue weighted by molar-refractivity contribution is -0.0756. The number of anilines is 1. The van der Waals surface area contributed by atoms with Gasteiger partial charge in [-0.1, -0.05) is 0 Å². The van der Waals surface area contributed by atoms with Gasteiger partial charge in [-0.25, -0.2) is 13.5 Å².